The third-order valence-corrected chi connectivity index (χ3v) is 6.85. The van der Waals surface area contributed by atoms with Crippen molar-refractivity contribution in [2.75, 3.05) is 14.2 Å². The molecule has 0 bridgehead atoms. The standard InChI is InChI=1S/C25H38N4O3/c1-26-25(29-20-7-5-6-17(14-20)24(30)28-19-11-12-19)27-16-18-10-13-22(31-2)15-23(18)32-21-8-3-4-9-21/h10,13,15,17,19-21H,3-9,11-12,14,16H2,1-2H3,(H,28,30)(H2,26,27,29). The summed E-state index contributed by atoms with van der Waals surface area (Å²) in [5.74, 6) is 2.79. The summed E-state index contributed by atoms with van der Waals surface area (Å²) in [6, 6.07) is 6.70. The number of rotatable bonds is 8. The van der Waals surface area contributed by atoms with Crippen LogP contribution >= 0.6 is 0 Å². The first-order chi connectivity index (χ1) is 15.6. The Morgan fingerprint density at radius 3 is 2.56 bits per heavy atom. The third kappa shape index (κ3) is 6.30. The number of benzene rings is 1. The highest BCUT2D eigenvalue weighted by Crippen LogP contribution is 2.30. The first kappa shape index (κ1) is 22.7. The number of carbonyl (C=O) groups is 1. The van der Waals surface area contributed by atoms with Gasteiger partial charge < -0.3 is 25.4 Å². The summed E-state index contributed by atoms with van der Waals surface area (Å²) in [5, 5.41) is 10.1. The van der Waals surface area contributed by atoms with Crippen molar-refractivity contribution in [1.29, 1.82) is 0 Å². The van der Waals surface area contributed by atoms with Crippen LogP contribution in [0.2, 0.25) is 0 Å². The summed E-state index contributed by atoms with van der Waals surface area (Å²) in [4.78, 5) is 16.9. The summed E-state index contributed by atoms with van der Waals surface area (Å²) >= 11 is 0. The van der Waals surface area contributed by atoms with E-state index >= 15 is 0 Å². The van der Waals surface area contributed by atoms with Gasteiger partial charge in [0, 0.05) is 43.2 Å². The van der Waals surface area contributed by atoms with Crippen LogP contribution in [-0.2, 0) is 11.3 Å². The van der Waals surface area contributed by atoms with Crippen LogP contribution in [0.15, 0.2) is 23.2 Å². The lowest BCUT2D eigenvalue weighted by Gasteiger charge is -2.30. The van der Waals surface area contributed by atoms with E-state index in [1.165, 1.54) is 12.8 Å². The molecule has 0 heterocycles. The lowest BCUT2D eigenvalue weighted by atomic mass is 9.85. The van der Waals surface area contributed by atoms with Crippen molar-refractivity contribution in [3.63, 3.8) is 0 Å². The molecule has 3 aliphatic rings. The van der Waals surface area contributed by atoms with E-state index in [1.54, 1.807) is 14.2 Å². The molecular weight excluding hydrogens is 404 g/mol. The Labute approximate surface area is 191 Å². The number of ether oxygens (including phenoxy) is 2. The smallest absolute Gasteiger partial charge is 0.223 e. The average Bonchev–Trinajstić information content (AvgIpc) is 3.48. The number of nitrogens with zero attached hydrogens (tertiary/aromatic N) is 1. The van der Waals surface area contributed by atoms with Crippen molar-refractivity contribution >= 4 is 11.9 Å². The molecule has 3 saturated carbocycles. The number of carbonyl (C=O) groups excluding carboxylic acids is 1. The summed E-state index contributed by atoms with van der Waals surface area (Å²) in [5.41, 5.74) is 1.09. The van der Waals surface area contributed by atoms with E-state index in [9.17, 15) is 4.79 Å². The highest BCUT2D eigenvalue weighted by molar-refractivity contribution is 5.81. The molecule has 0 saturated heterocycles. The molecule has 0 spiro atoms. The number of nitrogens with one attached hydrogen (secondary N) is 3. The van der Waals surface area contributed by atoms with Crippen molar-refractivity contribution in [3.05, 3.63) is 23.8 Å². The third-order valence-electron chi connectivity index (χ3n) is 6.85. The molecule has 7 nitrogen and oxygen atoms in total. The Kier molecular flexibility index (Phi) is 7.76. The maximum Gasteiger partial charge on any atom is 0.223 e. The average molecular weight is 443 g/mol. The van der Waals surface area contributed by atoms with Crippen LogP contribution in [-0.4, -0.2) is 44.2 Å². The van der Waals surface area contributed by atoms with Crippen LogP contribution < -0.4 is 25.4 Å². The van der Waals surface area contributed by atoms with Crippen LogP contribution in [0.25, 0.3) is 0 Å². The molecule has 7 heteroatoms. The second-order valence-corrected chi connectivity index (χ2v) is 9.41. The van der Waals surface area contributed by atoms with Gasteiger partial charge in [-0.05, 0) is 69.9 Å². The van der Waals surface area contributed by atoms with Crippen molar-refractivity contribution < 1.29 is 14.3 Å². The quantitative estimate of drug-likeness (QED) is 0.424. The van der Waals surface area contributed by atoms with E-state index < -0.39 is 0 Å². The largest absolute Gasteiger partial charge is 0.497 e. The van der Waals surface area contributed by atoms with E-state index in [1.807, 2.05) is 12.1 Å². The molecule has 176 valence electrons. The Morgan fingerprint density at radius 1 is 1.03 bits per heavy atom. The maximum absolute atomic E-state index is 12.5. The molecular formula is C25H38N4O3. The number of guanidine groups is 1. The summed E-state index contributed by atoms with van der Waals surface area (Å²) in [6.45, 7) is 0.615. The van der Waals surface area contributed by atoms with Crippen molar-refractivity contribution in [3.8, 4) is 11.5 Å². The van der Waals surface area contributed by atoms with Gasteiger partial charge in [0.15, 0.2) is 5.96 Å². The van der Waals surface area contributed by atoms with Crippen molar-refractivity contribution in [2.24, 2.45) is 10.9 Å². The molecule has 0 aromatic heterocycles. The fraction of sp³-hybridized carbons (Fsp3) is 0.680. The molecule has 2 atom stereocenters. The predicted octanol–water partition coefficient (Wildman–Crippen LogP) is 3.52. The molecule has 1 amide bonds. The maximum atomic E-state index is 12.5. The van der Waals surface area contributed by atoms with E-state index in [-0.39, 0.29) is 17.9 Å². The first-order valence-corrected chi connectivity index (χ1v) is 12.3. The molecule has 1 aromatic rings. The lowest BCUT2D eigenvalue weighted by molar-refractivity contribution is -0.126. The van der Waals surface area contributed by atoms with Crippen LogP contribution in [0.1, 0.15) is 69.8 Å². The highest BCUT2D eigenvalue weighted by Gasteiger charge is 2.31. The van der Waals surface area contributed by atoms with E-state index in [2.05, 4.69) is 27.0 Å². The van der Waals surface area contributed by atoms with Crippen molar-refractivity contribution in [1.82, 2.24) is 16.0 Å². The molecule has 3 N–H and O–H groups in total. The molecule has 0 radical (unpaired) electrons. The summed E-state index contributed by atoms with van der Waals surface area (Å²) < 4.78 is 11.7. The Morgan fingerprint density at radius 2 is 1.84 bits per heavy atom. The van der Waals surface area contributed by atoms with Crippen LogP contribution in [0.5, 0.6) is 11.5 Å². The number of aliphatic imine (C=N–C) groups is 1. The minimum atomic E-state index is 0.105. The van der Waals surface area contributed by atoms with Gasteiger partial charge in [-0.3, -0.25) is 9.79 Å². The van der Waals surface area contributed by atoms with Gasteiger partial charge in [0.2, 0.25) is 5.91 Å². The second kappa shape index (κ2) is 10.9. The van der Waals surface area contributed by atoms with Gasteiger partial charge in [0.25, 0.3) is 0 Å². The van der Waals surface area contributed by atoms with Gasteiger partial charge in [0.05, 0.1) is 13.2 Å². The zero-order chi connectivity index (χ0) is 22.3. The second-order valence-electron chi connectivity index (χ2n) is 9.41. The Balaban J connectivity index is 1.32. The van der Waals surface area contributed by atoms with Crippen molar-refractivity contribution in [2.45, 2.75) is 88.9 Å². The Bertz CT molecular complexity index is 802. The highest BCUT2D eigenvalue weighted by atomic mass is 16.5. The van der Waals surface area contributed by atoms with E-state index in [0.717, 1.165) is 74.4 Å². The number of hydrogen-bond donors (Lipinski definition) is 3. The minimum absolute atomic E-state index is 0.105. The Hall–Kier alpha value is -2.44. The molecule has 0 aliphatic heterocycles. The molecule has 3 aliphatic carbocycles. The van der Waals surface area contributed by atoms with Crippen LogP contribution in [0, 0.1) is 5.92 Å². The van der Waals surface area contributed by atoms with E-state index in [0.29, 0.717) is 18.7 Å². The predicted molar refractivity (Wildman–Crippen MR) is 126 cm³/mol. The number of amides is 1. The molecule has 1 aromatic carbocycles. The number of methoxy groups -OCH3 is 1. The lowest BCUT2D eigenvalue weighted by Crippen LogP contribution is -2.47. The zero-order valence-corrected chi connectivity index (χ0v) is 19.5. The molecule has 32 heavy (non-hydrogen) atoms. The fourth-order valence-electron chi connectivity index (χ4n) is 4.78. The summed E-state index contributed by atoms with van der Waals surface area (Å²) in [7, 11) is 3.47. The monoisotopic (exact) mass is 442 g/mol. The number of hydrogen-bond acceptors (Lipinski definition) is 4. The fourth-order valence-corrected chi connectivity index (χ4v) is 4.78. The van der Waals surface area contributed by atoms with Gasteiger partial charge in [-0.15, -0.1) is 0 Å². The van der Waals surface area contributed by atoms with Gasteiger partial charge in [-0.2, -0.15) is 0 Å². The van der Waals surface area contributed by atoms with Gasteiger partial charge in [-0.25, -0.2) is 0 Å². The summed E-state index contributed by atoms with van der Waals surface area (Å²) in [6.07, 6.45) is 11.2. The van der Waals surface area contributed by atoms with Gasteiger partial charge in [0.1, 0.15) is 11.5 Å². The molecule has 3 fully saturated rings. The van der Waals surface area contributed by atoms with E-state index in [4.69, 9.17) is 9.47 Å². The normalized spacial score (nSPS) is 24.1. The molecule has 2 unspecified atom stereocenters. The van der Waals surface area contributed by atoms with Crippen LogP contribution in [0.3, 0.4) is 0 Å². The van der Waals surface area contributed by atoms with Gasteiger partial charge >= 0.3 is 0 Å². The molecule has 4 rings (SSSR count). The van der Waals surface area contributed by atoms with Gasteiger partial charge in [-0.1, -0.05) is 6.42 Å². The zero-order valence-electron chi connectivity index (χ0n) is 19.5. The minimum Gasteiger partial charge on any atom is -0.497 e. The SMILES string of the molecule is CN=C(NCc1ccc(OC)cc1OC1CCCC1)NC1CCCC(C(=O)NC2CC2)C1. The van der Waals surface area contributed by atoms with Crippen LogP contribution in [0.4, 0.5) is 0 Å². The topological polar surface area (TPSA) is 84.0 Å². The first-order valence-electron chi connectivity index (χ1n) is 12.3.